The van der Waals surface area contributed by atoms with Crippen LogP contribution in [0.15, 0.2) is 59.5 Å². The summed E-state index contributed by atoms with van der Waals surface area (Å²) < 4.78 is 24.6. The number of rotatable bonds is 7. The summed E-state index contributed by atoms with van der Waals surface area (Å²) in [5.41, 5.74) is 1.69. The van der Waals surface area contributed by atoms with Gasteiger partial charge in [0, 0.05) is 16.6 Å². The zero-order chi connectivity index (χ0) is 17.5. The Bertz CT molecular complexity index is 650. The molecule has 3 nitrogen and oxygen atoms in total. The molecule has 2 aromatic carbocycles. The van der Waals surface area contributed by atoms with Crippen LogP contribution < -0.4 is 10.6 Å². The zero-order valence-electron chi connectivity index (χ0n) is 13.5. The van der Waals surface area contributed by atoms with Gasteiger partial charge in [0.25, 0.3) is 5.76 Å². The van der Waals surface area contributed by atoms with Crippen molar-refractivity contribution in [3.63, 3.8) is 0 Å². The van der Waals surface area contributed by atoms with Gasteiger partial charge in [0.1, 0.15) is 0 Å². The van der Waals surface area contributed by atoms with Crippen molar-refractivity contribution in [2.75, 3.05) is 5.32 Å². The number of halogens is 2. The fraction of sp³-hybridized carbons (Fsp3) is 0.278. The molecule has 2 aromatic rings. The Labute approximate surface area is 144 Å². The predicted molar refractivity (Wildman–Crippen MR) is 94.4 cm³/mol. The van der Waals surface area contributed by atoms with Crippen molar-refractivity contribution in [3.05, 3.63) is 60.2 Å². The minimum absolute atomic E-state index is 0.0387. The van der Waals surface area contributed by atoms with Crippen molar-refractivity contribution >= 4 is 23.4 Å². The lowest BCUT2D eigenvalue weighted by Crippen LogP contribution is -2.39. The second-order valence-electron chi connectivity index (χ2n) is 5.41. The van der Waals surface area contributed by atoms with E-state index < -0.39 is 11.8 Å². The summed E-state index contributed by atoms with van der Waals surface area (Å²) >= 11 is 0.480. The first-order valence-corrected chi connectivity index (χ1v) is 8.50. The predicted octanol–water partition coefficient (Wildman–Crippen LogP) is 4.68. The van der Waals surface area contributed by atoms with Gasteiger partial charge in [0.05, 0.1) is 6.04 Å². The Morgan fingerprint density at radius 2 is 1.62 bits per heavy atom. The molecule has 0 spiro atoms. The first kappa shape index (κ1) is 18.4. The van der Waals surface area contributed by atoms with E-state index in [1.54, 1.807) is 31.2 Å². The molecule has 0 unspecified atom stereocenters. The molecule has 0 radical (unpaired) electrons. The van der Waals surface area contributed by atoms with Crippen LogP contribution in [0.1, 0.15) is 25.5 Å². The average molecular weight is 350 g/mol. The number of amides is 1. The lowest BCUT2D eigenvalue weighted by molar-refractivity contribution is -0.117. The van der Waals surface area contributed by atoms with Gasteiger partial charge in [-0.1, -0.05) is 42.1 Å². The lowest BCUT2D eigenvalue weighted by atomic mass is 10.1. The minimum atomic E-state index is -2.45. The summed E-state index contributed by atoms with van der Waals surface area (Å²) in [5, 5.41) is 6.02. The van der Waals surface area contributed by atoms with E-state index in [2.05, 4.69) is 10.6 Å². The SMILES string of the molecule is C[C@@H](N[C@H](C)c1ccccc1)C(=O)Nc1ccc(SC(F)F)cc1. The van der Waals surface area contributed by atoms with Crippen molar-refractivity contribution in [3.8, 4) is 0 Å². The second kappa shape index (κ2) is 8.80. The standard InChI is InChI=1S/C18H20F2N2OS/c1-12(14-6-4-3-5-7-14)21-13(2)17(23)22-15-8-10-16(11-9-15)24-18(19)20/h3-13,18,21H,1-2H3,(H,22,23)/t12-,13-/m1/s1. The quantitative estimate of drug-likeness (QED) is 0.713. The van der Waals surface area contributed by atoms with Gasteiger partial charge in [0.2, 0.25) is 5.91 Å². The van der Waals surface area contributed by atoms with Crippen molar-refractivity contribution in [2.45, 2.75) is 36.6 Å². The molecule has 0 heterocycles. The molecular weight excluding hydrogens is 330 g/mol. The van der Waals surface area contributed by atoms with Crippen LogP contribution in [0.4, 0.5) is 14.5 Å². The van der Waals surface area contributed by atoms with Crippen LogP contribution >= 0.6 is 11.8 Å². The van der Waals surface area contributed by atoms with E-state index in [4.69, 9.17) is 0 Å². The maximum absolute atomic E-state index is 12.3. The number of carbonyl (C=O) groups is 1. The summed E-state index contributed by atoms with van der Waals surface area (Å²) in [6.45, 7) is 3.78. The smallest absolute Gasteiger partial charge is 0.288 e. The molecule has 6 heteroatoms. The highest BCUT2D eigenvalue weighted by Crippen LogP contribution is 2.26. The van der Waals surface area contributed by atoms with Gasteiger partial charge >= 0.3 is 0 Å². The van der Waals surface area contributed by atoms with Crippen LogP contribution in [0.2, 0.25) is 0 Å². The van der Waals surface area contributed by atoms with E-state index in [-0.39, 0.29) is 11.9 Å². The van der Waals surface area contributed by atoms with Crippen LogP contribution in [-0.2, 0) is 4.79 Å². The van der Waals surface area contributed by atoms with Crippen LogP contribution in [-0.4, -0.2) is 17.7 Å². The molecule has 1 amide bonds. The minimum Gasteiger partial charge on any atom is -0.325 e. The molecule has 0 saturated carbocycles. The third-order valence-corrected chi connectivity index (χ3v) is 4.26. The normalized spacial score (nSPS) is 13.5. The highest BCUT2D eigenvalue weighted by molar-refractivity contribution is 7.99. The number of thioether (sulfide) groups is 1. The van der Waals surface area contributed by atoms with Gasteiger partial charge in [-0.3, -0.25) is 10.1 Å². The second-order valence-corrected chi connectivity index (χ2v) is 6.48. The van der Waals surface area contributed by atoms with Gasteiger partial charge in [-0.05, 0) is 43.7 Å². The summed E-state index contributed by atoms with van der Waals surface area (Å²) in [5.74, 6) is -2.62. The summed E-state index contributed by atoms with van der Waals surface area (Å²) in [7, 11) is 0. The van der Waals surface area contributed by atoms with E-state index in [0.717, 1.165) is 5.56 Å². The Morgan fingerprint density at radius 1 is 1.00 bits per heavy atom. The molecule has 0 bridgehead atoms. The molecular formula is C18H20F2N2OS. The molecule has 0 aliphatic carbocycles. The Hall–Kier alpha value is -1.92. The van der Waals surface area contributed by atoms with Crippen molar-refractivity contribution in [1.29, 1.82) is 0 Å². The van der Waals surface area contributed by atoms with E-state index in [9.17, 15) is 13.6 Å². The monoisotopic (exact) mass is 350 g/mol. The van der Waals surface area contributed by atoms with Gasteiger partial charge < -0.3 is 5.32 Å². The number of anilines is 1. The zero-order valence-corrected chi connectivity index (χ0v) is 14.3. The van der Waals surface area contributed by atoms with Gasteiger partial charge in [-0.25, -0.2) is 0 Å². The topological polar surface area (TPSA) is 41.1 Å². The van der Waals surface area contributed by atoms with Crippen LogP contribution in [0.25, 0.3) is 0 Å². The summed E-state index contributed by atoms with van der Waals surface area (Å²) in [6.07, 6.45) is 0. The number of nitrogens with one attached hydrogen (secondary N) is 2. The lowest BCUT2D eigenvalue weighted by Gasteiger charge is -2.20. The summed E-state index contributed by atoms with van der Waals surface area (Å²) in [4.78, 5) is 12.7. The molecule has 128 valence electrons. The molecule has 2 N–H and O–H groups in total. The highest BCUT2D eigenvalue weighted by Gasteiger charge is 2.16. The number of hydrogen-bond donors (Lipinski definition) is 2. The van der Waals surface area contributed by atoms with E-state index in [1.165, 1.54) is 0 Å². The fourth-order valence-corrected chi connectivity index (χ4v) is 2.76. The Kier molecular flexibility index (Phi) is 6.75. The molecule has 2 atom stereocenters. The number of hydrogen-bond acceptors (Lipinski definition) is 3. The Morgan fingerprint density at radius 3 is 2.21 bits per heavy atom. The summed E-state index contributed by atoms with van der Waals surface area (Å²) in [6, 6.07) is 15.9. The van der Waals surface area contributed by atoms with E-state index >= 15 is 0 Å². The highest BCUT2D eigenvalue weighted by atomic mass is 32.2. The molecule has 0 aliphatic rings. The van der Waals surface area contributed by atoms with Crippen molar-refractivity contribution in [1.82, 2.24) is 5.32 Å². The Balaban J connectivity index is 1.89. The third-order valence-electron chi connectivity index (χ3n) is 3.54. The molecule has 0 aliphatic heterocycles. The van der Waals surface area contributed by atoms with Gasteiger partial charge in [-0.15, -0.1) is 0 Å². The molecule has 0 saturated heterocycles. The van der Waals surface area contributed by atoms with Crippen molar-refractivity contribution in [2.24, 2.45) is 0 Å². The van der Waals surface area contributed by atoms with E-state index in [0.29, 0.717) is 22.3 Å². The first-order chi connectivity index (χ1) is 11.5. The van der Waals surface area contributed by atoms with Crippen molar-refractivity contribution < 1.29 is 13.6 Å². The van der Waals surface area contributed by atoms with E-state index in [1.807, 2.05) is 37.3 Å². The number of benzene rings is 2. The molecule has 0 fully saturated rings. The number of alkyl halides is 2. The molecule has 0 aromatic heterocycles. The first-order valence-electron chi connectivity index (χ1n) is 7.62. The molecule has 2 rings (SSSR count). The third kappa shape index (κ3) is 5.62. The maximum Gasteiger partial charge on any atom is 0.288 e. The largest absolute Gasteiger partial charge is 0.325 e. The van der Waals surface area contributed by atoms with Gasteiger partial charge in [-0.2, -0.15) is 8.78 Å². The average Bonchev–Trinajstić information content (AvgIpc) is 2.56. The van der Waals surface area contributed by atoms with Gasteiger partial charge in [0.15, 0.2) is 0 Å². The van der Waals surface area contributed by atoms with Crippen LogP contribution in [0.5, 0.6) is 0 Å². The van der Waals surface area contributed by atoms with Crippen LogP contribution in [0.3, 0.4) is 0 Å². The van der Waals surface area contributed by atoms with Crippen LogP contribution in [0, 0.1) is 0 Å². The number of carbonyl (C=O) groups excluding carboxylic acids is 1. The molecule has 24 heavy (non-hydrogen) atoms. The maximum atomic E-state index is 12.3. The fourth-order valence-electron chi connectivity index (χ4n) is 2.26.